The van der Waals surface area contributed by atoms with Gasteiger partial charge in [-0.25, -0.2) is 0 Å². The molecule has 198 valence electrons. The van der Waals surface area contributed by atoms with Gasteiger partial charge in [-0.05, 0) is 81.5 Å². The van der Waals surface area contributed by atoms with Crippen LogP contribution in [0.3, 0.4) is 0 Å². The summed E-state index contributed by atoms with van der Waals surface area (Å²) in [6, 6.07) is 0. The van der Waals surface area contributed by atoms with Crippen molar-refractivity contribution in [2.24, 2.45) is 39.4 Å². The second kappa shape index (κ2) is 8.70. The van der Waals surface area contributed by atoms with Crippen LogP contribution in [0.4, 0.5) is 0 Å². The first-order valence-electron chi connectivity index (χ1n) is 13.8. The highest BCUT2D eigenvalue weighted by atomic mass is 16.4. The number of aliphatic hydroxyl groups is 3. The minimum Gasteiger partial charge on any atom is -0.481 e. The quantitative estimate of drug-likeness (QED) is 0.384. The van der Waals surface area contributed by atoms with Crippen molar-refractivity contribution < 1.29 is 25.2 Å². The molecule has 0 aromatic carbocycles. The number of fused-ring (bicyclic) bond motifs is 4. The molecule has 0 amide bonds. The van der Waals surface area contributed by atoms with Crippen LogP contribution in [0.25, 0.3) is 0 Å². The van der Waals surface area contributed by atoms with Crippen LogP contribution in [0, 0.1) is 39.4 Å². The summed E-state index contributed by atoms with van der Waals surface area (Å²) in [5.74, 6) is -1.13. The fourth-order valence-corrected chi connectivity index (χ4v) is 9.37. The Kier molecular flexibility index (Phi) is 6.68. The van der Waals surface area contributed by atoms with E-state index in [1.165, 1.54) is 16.7 Å². The SMILES string of the molecule is CC(C)=CCCC(C(=O)O)C1CC(O)C2(C)C3=C(CCC12C)C1(C)C(O)CC(O)C(C)(C)C1CC3. The normalized spacial score (nSPS) is 45.3. The number of hydrogen-bond acceptors (Lipinski definition) is 4. The van der Waals surface area contributed by atoms with Gasteiger partial charge in [0, 0.05) is 17.3 Å². The van der Waals surface area contributed by atoms with Crippen LogP contribution >= 0.6 is 0 Å². The van der Waals surface area contributed by atoms with Crippen molar-refractivity contribution in [1.29, 1.82) is 0 Å². The van der Waals surface area contributed by atoms with Crippen LogP contribution < -0.4 is 0 Å². The number of allylic oxidation sites excluding steroid dienone is 2. The van der Waals surface area contributed by atoms with E-state index >= 15 is 0 Å². The van der Waals surface area contributed by atoms with Crippen molar-refractivity contribution in [3.63, 3.8) is 0 Å². The minimum atomic E-state index is -0.747. The summed E-state index contributed by atoms with van der Waals surface area (Å²) in [4.78, 5) is 12.5. The Morgan fingerprint density at radius 3 is 2.23 bits per heavy atom. The predicted octanol–water partition coefficient (Wildman–Crippen LogP) is 5.49. The van der Waals surface area contributed by atoms with E-state index in [1.54, 1.807) is 0 Å². The van der Waals surface area contributed by atoms with Gasteiger partial charge in [0.25, 0.3) is 0 Å². The van der Waals surface area contributed by atoms with Crippen LogP contribution in [0.5, 0.6) is 0 Å². The van der Waals surface area contributed by atoms with Crippen molar-refractivity contribution in [1.82, 2.24) is 0 Å². The number of hydrogen-bond donors (Lipinski definition) is 4. The van der Waals surface area contributed by atoms with Gasteiger partial charge in [-0.3, -0.25) is 4.79 Å². The zero-order valence-electron chi connectivity index (χ0n) is 22.9. The van der Waals surface area contributed by atoms with Crippen molar-refractivity contribution in [2.45, 2.75) is 118 Å². The second-order valence-electron chi connectivity index (χ2n) is 13.7. The summed E-state index contributed by atoms with van der Waals surface area (Å²) in [6.07, 6.45) is 6.02. The van der Waals surface area contributed by atoms with Crippen LogP contribution in [-0.2, 0) is 4.79 Å². The first-order chi connectivity index (χ1) is 16.1. The van der Waals surface area contributed by atoms with Crippen LogP contribution in [0.2, 0.25) is 0 Å². The van der Waals surface area contributed by atoms with Crippen molar-refractivity contribution in [2.75, 3.05) is 0 Å². The molecule has 0 saturated heterocycles. The van der Waals surface area contributed by atoms with E-state index in [9.17, 15) is 25.2 Å². The van der Waals surface area contributed by atoms with Gasteiger partial charge in [0.15, 0.2) is 0 Å². The maximum Gasteiger partial charge on any atom is 0.306 e. The van der Waals surface area contributed by atoms with E-state index in [4.69, 9.17) is 0 Å². The molecule has 9 atom stereocenters. The smallest absolute Gasteiger partial charge is 0.306 e. The molecule has 4 N–H and O–H groups in total. The largest absolute Gasteiger partial charge is 0.481 e. The van der Waals surface area contributed by atoms with Gasteiger partial charge in [0.2, 0.25) is 0 Å². The highest BCUT2D eigenvalue weighted by Crippen LogP contribution is 2.72. The molecule has 4 rings (SSSR count). The van der Waals surface area contributed by atoms with E-state index < -0.39 is 41.0 Å². The maximum atomic E-state index is 12.5. The standard InChI is InChI=1S/C30H48O5/c1-17(2)9-8-10-18(26(34)35)21-15-25(33)30(7)20-11-12-22-27(3,4)23(31)16-24(32)29(22,6)19(20)13-14-28(21,30)5/h9,18,21-25,31-33H,8,10-16H2,1-7H3,(H,34,35). The average Bonchev–Trinajstić information content (AvgIpc) is 2.96. The highest BCUT2D eigenvalue weighted by molar-refractivity contribution is 5.71. The van der Waals surface area contributed by atoms with Gasteiger partial charge in [0.1, 0.15) is 0 Å². The third kappa shape index (κ3) is 3.62. The van der Waals surface area contributed by atoms with Crippen LogP contribution in [0.1, 0.15) is 99.8 Å². The molecule has 4 aliphatic rings. The number of aliphatic hydroxyl groups excluding tert-OH is 3. The molecule has 5 nitrogen and oxygen atoms in total. The van der Waals surface area contributed by atoms with E-state index in [-0.39, 0.29) is 22.7 Å². The molecule has 35 heavy (non-hydrogen) atoms. The molecule has 0 bridgehead atoms. The molecule has 0 aliphatic heterocycles. The molecule has 5 heteroatoms. The Bertz CT molecular complexity index is 929. The molecule has 0 aromatic rings. The van der Waals surface area contributed by atoms with Crippen molar-refractivity contribution in [3.8, 4) is 0 Å². The summed E-state index contributed by atoms with van der Waals surface area (Å²) >= 11 is 0. The molecule has 0 radical (unpaired) electrons. The summed E-state index contributed by atoms with van der Waals surface area (Å²) in [5.41, 5.74) is 2.25. The predicted molar refractivity (Wildman–Crippen MR) is 138 cm³/mol. The fourth-order valence-electron chi connectivity index (χ4n) is 9.37. The molecular weight excluding hydrogens is 440 g/mol. The van der Waals surface area contributed by atoms with E-state index in [1.807, 2.05) is 13.8 Å². The molecule has 0 spiro atoms. The molecule has 9 unspecified atom stereocenters. The summed E-state index contributed by atoms with van der Waals surface area (Å²) in [5, 5.41) is 44.1. The first-order valence-corrected chi connectivity index (χ1v) is 13.8. The average molecular weight is 489 g/mol. The number of carbonyl (C=O) groups is 1. The lowest BCUT2D eigenvalue weighted by Gasteiger charge is -2.63. The Morgan fingerprint density at radius 2 is 1.63 bits per heavy atom. The molecule has 4 aliphatic carbocycles. The van der Waals surface area contributed by atoms with Gasteiger partial charge < -0.3 is 20.4 Å². The number of aliphatic carboxylic acids is 1. The minimum absolute atomic E-state index is 0.0836. The second-order valence-corrected chi connectivity index (χ2v) is 13.7. The third-order valence-electron chi connectivity index (χ3n) is 11.8. The molecule has 0 aromatic heterocycles. The number of carboxylic acids is 1. The number of rotatable bonds is 5. The fraction of sp³-hybridized carbons (Fsp3) is 0.833. The van der Waals surface area contributed by atoms with Gasteiger partial charge in [-0.15, -0.1) is 0 Å². The van der Waals surface area contributed by atoms with E-state index in [0.717, 1.165) is 32.1 Å². The molecule has 0 heterocycles. The topological polar surface area (TPSA) is 98.0 Å². The van der Waals surface area contributed by atoms with Crippen LogP contribution in [-0.4, -0.2) is 44.7 Å². The Labute approximate surface area is 211 Å². The van der Waals surface area contributed by atoms with E-state index in [2.05, 4.69) is 40.7 Å². The third-order valence-corrected chi connectivity index (χ3v) is 11.8. The first kappa shape index (κ1) is 26.9. The zero-order valence-corrected chi connectivity index (χ0v) is 22.9. The van der Waals surface area contributed by atoms with Crippen LogP contribution in [0.15, 0.2) is 22.8 Å². The summed E-state index contributed by atoms with van der Waals surface area (Å²) < 4.78 is 0. The van der Waals surface area contributed by atoms with Gasteiger partial charge in [-0.1, -0.05) is 57.4 Å². The van der Waals surface area contributed by atoms with Gasteiger partial charge in [-0.2, -0.15) is 0 Å². The van der Waals surface area contributed by atoms with Crippen molar-refractivity contribution >= 4 is 5.97 Å². The monoisotopic (exact) mass is 488 g/mol. The lowest BCUT2D eigenvalue weighted by atomic mass is 9.42. The summed E-state index contributed by atoms with van der Waals surface area (Å²) in [6.45, 7) is 15.0. The Morgan fingerprint density at radius 1 is 0.971 bits per heavy atom. The van der Waals surface area contributed by atoms with Gasteiger partial charge in [0.05, 0.1) is 24.2 Å². The van der Waals surface area contributed by atoms with E-state index in [0.29, 0.717) is 19.3 Å². The zero-order chi connectivity index (χ0) is 26.1. The lowest BCUT2D eigenvalue weighted by molar-refractivity contribution is -0.157. The highest BCUT2D eigenvalue weighted by Gasteiger charge is 2.68. The maximum absolute atomic E-state index is 12.5. The van der Waals surface area contributed by atoms with Gasteiger partial charge >= 0.3 is 5.97 Å². The summed E-state index contributed by atoms with van der Waals surface area (Å²) in [7, 11) is 0. The number of carboxylic acid groups (broad SMARTS) is 1. The Hall–Kier alpha value is -1.17. The Balaban J connectivity index is 1.77. The lowest BCUT2D eigenvalue weighted by Crippen LogP contribution is -2.61. The molecular formula is C30H48O5. The molecule has 2 fully saturated rings. The molecule has 2 saturated carbocycles. The van der Waals surface area contributed by atoms with Crippen molar-refractivity contribution in [3.05, 3.63) is 22.8 Å².